The second-order valence-electron chi connectivity index (χ2n) is 5.45. The van der Waals surface area contributed by atoms with Gasteiger partial charge in [0, 0.05) is 12.6 Å². The summed E-state index contributed by atoms with van der Waals surface area (Å²) in [6.45, 7) is 5.59. The Balaban J connectivity index is 2.05. The molecule has 2 unspecified atom stereocenters. The van der Waals surface area contributed by atoms with Crippen molar-refractivity contribution < 1.29 is 0 Å². The molecule has 1 heteroatoms. The fraction of sp³-hybridized carbons (Fsp3) is 0.600. The molecule has 1 saturated carbocycles. The number of hydrogen-bond acceptors (Lipinski definition) is 1. The molecule has 1 aliphatic heterocycles. The van der Waals surface area contributed by atoms with Gasteiger partial charge in [0.1, 0.15) is 0 Å². The average molecular weight is 215 g/mol. The zero-order valence-electron chi connectivity index (χ0n) is 10.3. The van der Waals surface area contributed by atoms with Crippen LogP contribution in [0, 0.1) is 13.8 Å². The van der Waals surface area contributed by atoms with E-state index in [2.05, 4.69) is 31.3 Å². The topological polar surface area (TPSA) is 12.0 Å². The zero-order chi connectivity index (χ0) is 11.1. The minimum absolute atomic E-state index is 0.753. The maximum absolute atomic E-state index is 3.75. The molecule has 1 aromatic carbocycles. The van der Waals surface area contributed by atoms with Crippen molar-refractivity contribution >= 4 is 0 Å². The molecule has 1 aromatic rings. The van der Waals surface area contributed by atoms with Crippen molar-refractivity contribution in [2.24, 2.45) is 0 Å². The van der Waals surface area contributed by atoms with E-state index in [4.69, 9.17) is 0 Å². The minimum atomic E-state index is 0.753. The largest absolute Gasteiger partial charge is 0.309 e. The van der Waals surface area contributed by atoms with E-state index < -0.39 is 0 Å². The fourth-order valence-electron chi connectivity index (χ4n) is 3.46. The molecule has 86 valence electrons. The van der Waals surface area contributed by atoms with Crippen LogP contribution in [0.4, 0.5) is 0 Å². The van der Waals surface area contributed by atoms with Gasteiger partial charge in [-0.1, -0.05) is 25.0 Å². The van der Waals surface area contributed by atoms with Gasteiger partial charge in [-0.05, 0) is 54.9 Å². The number of benzene rings is 1. The van der Waals surface area contributed by atoms with Crippen LogP contribution in [0.2, 0.25) is 0 Å². The lowest BCUT2D eigenvalue weighted by Gasteiger charge is -2.39. The summed E-state index contributed by atoms with van der Waals surface area (Å²) in [5.74, 6) is 0.789. The zero-order valence-corrected chi connectivity index (χ0v) is 10.3. The van der Waals surface area contributed by atoms with Crippen LogP contribution in [0.1, 0.15) is 53.9 Å². The SMILES string of the molecule is Cc1ccc2c(c1C)CNC1CCCCC21. The normalized spacial score (nSPS) is 28.4. The lowest BCUT2D eigenvalue weighted by molar-refractivity contribution is 0.307. The molecule has 1 aliphatic carbocycles. The van der Waals surface area contributed by atoms with E-state index in [1.54, 1.807) is 11.1 Å². The Morgan fingerprint density at radius 1 is 1.12 bits per heavy atom. The van der Waals surface area contributed by atoms with Crippen molar-refractivity contribution in [3.05, 3.63) is 34.4 Å². The van der Waals surface area contributed by atoms with E-state index in [1.165, 1.54) is 36.8 Å². The van der Waals surface area contributed by atoms with Crippen LogP contribution < -0.4 is 5.32 Å². The van der Waals surface area contributed by atoms with E-state index in [0.717, 1.165) is 18.5 Å². The highest BCUT2D eigenvalue weighted by Crippen LogP contribution is 2.39. The monoisotopic (exact) mass is 215 g/mol. The maximum Gasteiger partial charge on any atom is 0.0213 e. The van der Waals surface area contributed by atoms with Crippen LogP contribution in [0.5, 0.6) is 0 Å². The Labute approximate surface area is 98.3 Å². The average Bonchev–Trinajstić information content (AvgIpc) is 2.33. The third-order valence-corrected chi connectivity index (χ3v) is 4.61. The van der Waals surface area contributed by atoms with Gasteiger partial charge in [-0.2, -0.15) is 0 Å². The van der Waals surface area contributed by atoms with Crippen molar-refractivity contribution in [1.29, 1.82) is 0 Å². The maximum atomic E-state index is 3.75. The smallest absolute Gasteiger partial charge is 0.0213 e. The van der Waals surface area contributed by atoms with Gasteiger partial charge in [0.2, 0.25) is 0 Å². The lowest BCUT2D eigenvalue weighted by Crippen LogP contribution is -2.41. The third-order valence-electron chi connectivity index (χ3n) is 4.61. The number of nitrogens with one attached hydrogen (secondary N) is 1. The summed E-state index contributed by atoms with van der Waals surface area (Å²) in [5.41, 5.74) is 6.18. The molecule has 1 N–H and O–H groups in total. The summed E-state index contributed by atoms with van der Waals surface area (Å²) in [6, 6.07) is 5.45. The van der Waals surface area contributed by atoms with E-state index >= 15 is 0 Å². The predicted octanol–water partition coefficient (Wildman–Crippen LogP) is 3.43. The van der Waals surface area contributed by atoms with Gasteiger partial charge in [0.05, 0.1) is 0 Å². The van der Waals surface area contributed by atoms with Gasteiger partial charge >= 0.3 is 0 Å². The standard InChI is InChI=1S/C15H21N/c1-10-7-8-12-13-5-3-4-6-15(13)16-9-14(12)11(10)2/h7-8,13,15-16H,3-6,9H2,1-2H3. The quantitative estimate of drug-likeness (QED) is 0.699. The van der Waals surface area contributed by atoms with Crippen molar-refractivity contribution in [3.8, 4) is 0 Å². The summed E-state index contributed by atoms with van der Waals surface area (Å²) in [5, 5.41) is 3.75. The first kappa shape index (κ1) is 10.3. The van der Waals surface area contributed by atoms with Crippen LogP contribution in [0.15, 0.2) is 12.1 Å². The summed E-state index contributed by atoms with van der Waals surface area (Å²) in [7, 11) is 0. The summed E-state index contributed by atoms with van der Waals surface area (Å²) in [6.07, 6.45) is 5.58. The number of fused-ring (bicyclic) bond motifs is 3. The van der Waals surface area contributed by atoms with E-state index in [0.29, 0.717) is 0 Å². The van der Waals surface area contributed by atoms with Crippen LogP contribution >= 0.6 is 0 Å². The van der Waals surface area contributed by atoms with E-state index in [1.807, 2.05) is 0 Å². The summed E-state index contributed by atoms with van der Waals surface area (Å²) >= 11 is 0. The molecule has 0 radical (unpaired) electrons. The molecule has 16 heavy (non-hydrogen) atoms. The van der Waals surface area contributed by atoms with Crippen molar-refractivity contribution in [3.63, 3.8) is 0 Å². The van der Waals surface area contributed by atoms with E-state index in [9.17, 15) is 0 Å². The van der Waals surface area contributed by atoms with Crippen LogP contribution in [-0.4, -0.2) is 6.04 Å². The van der Waals surface area contributed by atoms with Gasteiger partial charge < -0.3 is 5.32 Å². The molecular formula is C15H21N. The van der Waals surface area contributed by atoms with Crippen molar-refractivity contribution in [2.45, 2.75) is 58.0 Å². The number of rotatable bonds is 0. The first-order valence-electron chi connectivity index (χ1n) is 6.59. The lowest BCUT2D eigenvalue weighted by atomic mass is 9.75. The molecular weight excluding hydrogens is 194 g/mol. The van der Waals surface area contributed by atoms with Crippen molar-refractivity contribution in [2.75, 3.05) is 0 Å². The minimum Gasteiger partial charge on any atom is -0.309 e. The van der Waals surface area contributed by atoms with Gasteiger partial charge in [0.15, 0.2) is 0 Å². The predicted molar refractivity (Wildman–Crippen MR) is 67.8 cm³/mol. The first-order valence-corrected chi connectivity index (χ1v) is 6.59. The highest BCUT2D eigenvalue weighted by atomic mass is 14.9. The highest BCUT2D eigenvalue weighted by molar-refractivity contribution is 5.43. The second kappa shape index (κ2) is 3.89. The third kappa shape index (κ3) is 1.49. The Morgan fingerprint density at radius 3 is 2.81 bits per heavy atom. The van der Waals surface area contributed by atoms with Crippen molar-refractivity contribution in [1.82, 2.24) is 5.32 Å². The van der Waals surface area contributed by atoms with Gasteiger partial charge in [-0.15, -0.1) is 0 Å². The Hall–Kier alpha value is -0.820. The van der Waals surface area contributed by atoms with Gasteiger partial charge in [-0.25, -0.2) is 0 Å². The summed E-state index contributed by atoms with van der Waals surface area (Å²) < 4.78 is 0. The van der Waals surface area contributed by atoms with Crippen LogP contribution in [-0.2, 0) is 6.54 Å². The molecule has 0 saturated heterocycles. The first-order chi connectivity index (χ1) is 7.77. The van der Waals surface area contributed by atoms with Crippen LogP contribution in [0.3, 0.4) is 0 Å². The molecule has 1 fully saturated rings. The molecule has 0 spiro atoms. The van der Waals surface area contributed by atoms with Gasteiger partial charge in [-0.3, -0.25) is 0 Å². The van der Waals surface area contributed by atoms with Crippen LogP contribution in [0.25, 0.3) is 0 Å². The Morgan fingerprint density at radius 2 is 1.94 bits per heavy atom. The molecule has 2 atom stereocenters. The molecule has 1 nitrogen and oxygen atoms in total. The Kier molecular flexibility index (Phi) is 2.51. The highest BCUT2D eigenvalue weighted by Gasteiger charge is 2.31. The summed E-state index contributed by atoms with van der Waals surface area (Å²) in [4.78, 5) is 0. The van der Waals surface area contributed by atoms with E-state index in [-0.39, 0.29) is 0 Å². The molecule has 2 aliphatic rings. The fourth-order valence-corrected chi connectivity index (χ4v) is 3.46. The Bertz CT molecular complexity index is 408. The molecule has 1 heterocycles. The second-order valence-corrected chi connectivity index (χ2v) is 5.45. The van der Waals surface area contributed by atoms with Gasteiger partial charge in [0.25, 0.3) is 0 Å². The number of aryl methyl sites for hydroxylation is 1. The number of hydrogen-bond donors (Lipinski definition) is 1. The molecule has 0 aromatic heterocycles. The molecule has 0 amide bonds. The molecule has 0 bridgehead atoms. The molecule has 3 rings (SSSR count).